The molecule has 2 N–H and O–H groups in total. The van der Waals surface area contributed by atoms with Crippen LogP contribution in [-0.4, -0.2) is 42.5 Å². The molecule has 3 aromatic rings. The lowest BCUT2D eigenvalue weighted by molar-refractivity contribution is -0.120. The molecule has 1 aromatic heterocycles. The van der Waals surface area contributed by atoms with Gasteiger partial charge in [-0.15, -0.1) is 0 Å². The van der Waals surface area contributed by atoms with E-state index in [0.717, 1.165) is 16.5 Å². The number of likely N-dealkylation sites (N-methyl/N-ethyl adjacent to an activating group) is 1. The Labute approximate surface area is 155 Å². The number of nitrogens with zero attached hydrogens (tertiary/aromatic N) is 1. The summed E-state index contributed by atoms with van der Waals surface area (Å²) in [5.74, 6) is 0.0576. The number of rotatable bonds is 6. The second-order valence-corrected chi connectivity index (χ2v) is 7.23. The second-order valence-electron chi connectivity index (χ2n) is 7.23. The lowest BCUT2D eigenvalue weighted by Gasteiger charge is -2.19. The molecule has 3 rings (SSSR count). The first-order valence-electron chi connectivity index (χ1n) is 9.04. The van der Waals surface area contributed by atoms with Gasteiger partial charge >= 0.3 is 0 Å². The summed E-state index contributed by atoms with van der Waals surface area (Å²) < 4.78 is 0. The van der Waals surface area contributed by atoms with Gasteiger partial charge in [0.2, 0.25) is 5.91 Å². The van der Waals surface area contributed by atoms with Crippen molar-refractivity contribution >= 4 is 16.8 Å². The van der Waals surface area contributed by atoms with E-state index in [1.165, 1.54) is 16.7 Å². The monoisotopic (exact) mass is 349 g/mol. The van der Waals surface area contributed by atoms with Gasteiger partial charge in [0, 0.05) is 29.7 Å². The van der Waals surface area contributed by atoms with Gasteiger partial charge in [-0.2, -0.15) is 0 Å². The highest BCUT2D eigenvalue weighted by Gasteiger charge is 2.11. The molecule has 1 unspecified atom stereocenters. The van der Waals surface area contributed by atoms with Crippen LogP contribution in [0.3, 0.4) is 0 Å². The molecule has 0 aliphatic carbocycles. The number of aryl methyl sites for hydroxylation is 1. The Bertz CT molecular complexity index is 893. The van der Waals surface area contributed by atoms with Crippen molar-refractivity contribution in [3.05, 3.63) is 59.8 Å². The molecule has 136 valence electrons. The van der Waals surface area contributed by atoms with E-state index in [2.05, 4.69) is 71.5 Å². The molecule has 1 heterocycles. The summed E-state index contributed by atoms with van der Waals surface area (Å²) in [5.41, 5.74) is 5.73. The van der Waals surface area contributed by atoms with E-state index < -0.39 is 0 Å². The van der Waals surface area contributed by atoms with Gasteiger partial charge in [-0.1, -0.05) is 42.0 Å². The van der Waals surface area contributed by atoms with Crippen LogP contribution >= 0.6 is 0 Å². The minimum absolute atomic E-state index is 0.0576. The summed E-state index contributed by atoms with van der Waals surface area (Å²) in [6.45, 7) is 4.85. The Hall–Kier alpha value is -2.59. The van der Waals surface area contributed by atoms with Gasteiger partial charge in [-0.3, -0.25) is 4.79 Å². The highest BCUT2D eigenvalue weighted by atomic mass is 16.1. The topological polar surface area (TPSA) is 48.1 Å². The SMILES string of the molecule is Cc1ccc(-c2ccc3c(CC(=O)NCC(C)N(C)C)c[nH]c3c2)cc1. The van der Waals surface area contributed by atoms with Crippen LogP contribution in [-0.2, 0) is 11.2 Å². The minimum atomic E-state index is 0.0576. The summed E-state index contributed by atoms with van der Waals surface area (Å²) in [7, 11) is 4.03. The third-order valence-electron chi connectivity index (χ3n) is 4.98. The quantitative estimate of drug-likeness (QED) is 0.712. The average Bonchev–Trinajstić information content (AvgIpc) is 3.02. The number of benzene rings is 2. The number of hydrogen-bond donors (Lipinski definition) is 2. The van der Waals surface area contributed by atoms with E-state index in [1.54, 1.807) is 0 Å². The van der Waals surface area contributed by atoms with Gasteiger partial charge in [0.15, 0.2) is 0 Å². The van der Waals surface area contributed by atoms with E-state index >= 15 is 0 Å². The van der Waals surface area contributed by atoms with E-state index in [0.29, 0.717) is 19.0 Å². The maximum atomic E-state index is 12.3. The van der Waals surface area contributed by atoms with E-state index in [4.69, 9.17) is 0 Å². The zero-order valence-electron chi connectivity index (χ0n) is 16.0. The van der Waals surface area contributed by atoms with E-state index in [9.17, 15) is 4.79 Å². The summed E-state index contributed by atoms with van der Waals surface area (Å²) in [6, 6.07) is 15.2. The van der Waals surface area contributed by atoms with Crippen LogP contribution in [0.1, 0.15) is 18.1 Å². The molecule has 26 heavy (non-hydrogen) atoms. The zero-order valence-corrected chi connectivity index (χ0v) is 16.0. The molecule has 0 bridgehead atoms. The smallest absolute Gasteiger partial charge is 0.224 e. The largest absolute Gasteiger partial charge is 0.361 e. The first-order chi connectivity index (χ1) is 12.4. The van der Waals surface area contributed by atoms with Crippen LogP contribution in [0, 0.1) is 6.92 Å². The second kappa shape index (κ2) is 7.75. The van der Waals surface area contributed by atoms with Gasteiger partial charge in [0.1, 0.15) is 0 Å². The molecule has 4 nitrogen and oxygen atoms in total. The molecule has 1 amide bonds. The van der Waals surface area contributed by atoms with E-state index in [-0.39, 0.29) is 5.91 Å². The summed E-state index contributed by atoms with van der Waals surface area (Å²) >= 11 is 0. The van der Waals surface area contributed by atoms with Gasteiger partial charge in [0.25, 0.3) is 0 Å². The first kappa shape index (κ1) is 18.2. The van der Waals surface area contributed by atoms with Crippen LogP contribution in [0.15, 0.2) is 48.7 Å². The normalized spacial score (nSPS) is 12.5. The Balaban J connectivity index is 1.73. The summed E-state index contributed by atoms with van der Waals surface area (Å²) in [6.07, 6.45) is 2.34. The number of carbonyl (C=O) groups is 1. The molecule has 0 aliphatic rings. The molecule has 0 fully saturated rings. The van der Waals surface area contributed by atoms with Gasteiger partial charge < -0.3 is 15.2 Å². The maximum Gasteiger partial charge on any atom is 0.224 e. The highest BCUT2D eigenvalue weighted by molar-refractivity contribution is 5.91. The molecule has 0 aliphatic heterocycles. The molecule has 0 radical (unpaired) electrons. The molecule has 4 heteroatoms. The number of aromatic amines is 1. The Morgan fingerprint density at radius 3 is 2.50 bits per heavy atom. The third-order valence-corrected chi connectivity index (χ3v) is 4.98. The number of H-pyrrole nitrogens is 1. The Morgan fingerprint density at radius 2 is 1.81 bits per heavy atom. The van der Waals surface area contributed by atoms with Crippen molar-refractivity contribution in [2.75, 3.05) is 20.6 Å². The number of amides is 1. The van der Waals surface area contributed by atoms with Crippen molar-refractivity contribution in [1.29, 1.82) is 0 Å². The van der Waals surface area contributed by atoms with Crippen molar-refractivity contribution in [3.63, 3.8) is 0 Å². The van der Waals surface area contributed by atoms with Crippen molar-refractivity contribution in [3.8, 4) is 11.1 Å². The predicted molar refractivity (Wildman–Crippen MR) is 108 cm³/mol. The molecule has 0 saturated carbocycles. The van der Waals surface area contributed by atoms with Gasteiger partial charge in [-0.25, -0.2) is 0 Å². The lowest BCUT2D eigenvalue weighted by atomic mass is 10.0. The number of hydrogen-bond acceptors (Lipinski definition) is 2. The molecule has 2 aromatic carbocycles. The number of aromatic nitrogens is 1. The van der Waals surface area contributed by atoms with Gasteiger partial charge in [-0.05, 0) is 50.7 Å². The van der Waals surface area contributed by atoms with Crippen LogP contribution < -0.4 is 5.32 Å². The van der Waals surface area contributed by atoms with Gasteiger partial charge in [0.05, 0.1) is 6.42 Å². The van der Waals surface area contributed by atoms with Crippen LogP contribution in [0.2, 0.25) is 0 Å². The van der Waals surface area contributed by atoms with Crippen LogP contribution in [0.4, 0.5) is 0 Å². The fraction of sp³-hybridized carbons (Fsp3) is 0.318. The lowest BCUT2D eigenvalue weighted by Crippen LogP contribution is -2.38. The Morgan fingerprint density at radius 1 is 1.12 bits per heavy atom. The van der Waals surface area contributed by atoms with Crippen molar-refractivity contribution in [2.45, 2.75) is 26.3 Å². The van der Waals surface area contributed by atoms with Crippen molar-refractivity contribution in [1.82, 2.24) is 15.2 Å². The predicted octanol–water partition coefficient (Wildman–Crippen LogP) is 3.75. The summed E-state index contributed by atoms with van der Waals surface area (Å²) in [4.78, 5) is 17.7. The highest BCUT2D eigenvalue weighted by Crippen LogP contribution is 2.26. The number of nitrogens with one attached hydrogen (secondary N) is 2. The van der Waals surface area contributed by atoms with Crippen LogP contribution in [0.25, 0.3) is 22.0 Å². The molecule has 0 spiro atoms. The molecule has 1 atom stereocenters. The first-order valence-corrected chi connectivity index (χ1v) is 9.04. The molecular weight excluding hydrogens is 322 g/mol. The fourth-order valence-corrected chi connectivity index (χ4v) is 2.94. The van der Waals surface area contributed by atoms with E-state index in [1.807, 2.05) is 20.3 Å². The summed E-state index contributed by atoms with van der Waals surface area (Å²) in [5, 5.41) is 4.12. The standard InChI is InChI=1S/C22H27N3O/c1-15-5-7-17(8-6-15)18-9-10-20-19(14-23-21(20)11-18)12-22(26)24-13-16(2)25(3)4/h5-11,14,16,23H,12-13H2,1-4H3,(H,24,26). The van der Waals surface area contributed by atoms with Crippen molar-refractivity contribution in [2.24, 2.45) is 0 Å². The number of carbonyl (C=O) groups excluding carboxylic acids is 1. The fourth-order valence-electron chi connectivity index (χ4n) is 2.94. The van der Waals surface area contributed by atoms with Crippen LogP contribution in [0.5, 0.6) is 0 Å². The average molecular weight is 349 g/mol. The van der Waals surface area contributed by atoms with Crippen molar-refractivity contribution < 1.29 is 4.79 Å². The zero-order chi connectivity index (χ0) is 18.7. The number of fused-ring (bicyclic) bond motifs is 1. The minimum Gasteiger partial charge on any atom is -0.361 e. The maximum absolute atomic E-state index is 12.3. The Kier molecular flexibility index (Phi) is 5.43. The molecule has 0 saturated heterocycles. The molecular formula is C22H27N3O. The third kappa shape index (κ3) is 4.14.